The highest BCUT2D eigenvalue weighted by molar-refractivity contribution is 5.82. The molecule has 2 aromatic rings. The highest BCUT2D eigenvalue weighted by atomic mass is 16.3. The van der Waals surface area contributed by atoms with E-state index in [1.54, 1.807) is 11.9 Å². The number of benzene rings is 1. The zero-order valence-electron chi connectivity index (χ0n) is 14.5. The van der Waals surface area contributed by atoms with Crippen molar-refractivity contribution >= 4 is 16.9 Å². The Bertz CT molecular complexity index is 802. The van der Waals surface area contributed by atoms with Crippen LogP contribution < -0.4 is 10.9 Å². The summed E-state index contributed by atoms with van der Waals surface area (Å²) in [4.78, 5) is 28.6. The maximum Gasteiger partial charge on any atom is 0.317 e. The average Bonchev–Trinajstić information content (AvgIpc) is 2.61. The Morgan fingerprint density at radius 3 is 2.88 bits per heavy atom. The van der Waals surface area contributed by atoms with Gasteiger partial charge in [-0.25, -0.2) is 4.79 Å². The second-order valence-corrected chi connectivity index (χ2v) is 6.86. The van der Waals surface area contributed by atoms with E-state index in [1.807, 2.05) is 24.3 Å². The first-order valence-corrected chi connectivity index (χ1v) is 8.82. The molecule has 0 bridgehead atoms. The molecule has 1 aliphatic carbocycles. The molecular formula is C19H25N3O3. The number of amides is 2. The second-order valence-electron chi connectivity index (χ2n) is 6.86. The van der Waals surface area contributed by atoms with Crippen molar-refractivity contribution in [2.75, 3.05) is 13.6 Å². The number of urea groups is 1. The van der Waals surface area contributed by atoms with Crippen molar-refractivity contribution in [3.8, 4) is 0 Å². The number of rotatable bonds is 4. The first-order valence-electron chi connectivity index (χ1n) is 8.82. The Kier molecular flexibility index (Phi) is 5.38. The van der Waals surface area contributed by atoms with Gasteiger partial charge >= 0.3 is 6.03 Å². The van der Waals surface area contributed by atoms with Crippen LogP contribution in [-0.2, 0) is 6.54 Å². The van der Waals surface area contributed by atoms with Crippen molar-refractivity contribution in [1.29, 1.82) is 0 Å². The molecule has 1 aliphatic rings. The molecule has 3 N–H and O–H groups in total. The summed E-state index contributed by atoms with van der Waals surface area (Å²) in [5, 5.41) is 13.9. The van der Waals surface area contributed by atoms with E-state index in [1.165, 1.54) is 6.07 Å². The molecule has 1 heterocycles. The number of pyridine rings is 1. The number of nitrogens with one attached hydrogen (secondary N) is 2. The van der Waals surface area contributed by atoms with Crippen molar-refractivity contribution in [1.82, 2.24) is 15.2 Å². The molecule has 1 saturated carbocycles. The van der Waals surface area contributed by atoms with Gasteiger partial charge in [-0.15, -0.1) is 0 Å². The lowest BCUT2D eigenvalue weighted by molar-refractivity contribution is 0.0565. The normalized spacial score (nSPS) is 20.4. The number of H-pyrrole nitrogens is 1. The SMILES string of the molecule is CN(CC1CCCCC1O)C(=O)NCc1cc(=O)[nH]c2ccccc12. The van der Waals surface area contributed by atoms with Crippen LogP contribution in [0.5, 0.6) is 0 Å². The van der Waals surface area contributed by atoms with Crippen molar-refractivity contribution in [3.05, 3.63) is 46.2 Å². The van der Waals surface area contributed by atoms with Gasteiger partial charge in [0, 0.05) is 43.0 Å². The van der Waals surface area contributed by atoms with Gasteiger partial charge in [0.05, 0.1) is 6.10 Å². The van der Waals surface area contributed by atoms with Crippen molar-refractivity contribution in [2.45, 2.75) is 38.3 Å². The van der Waals surface area contributed by atoms with Crippen LogP contribution >= 0.6 is 0 Å². The summed E-state index contributed by atoms with van der Waals surface area (Å²) in [7, 11) is 1.74. The van der Waals surface area contributed by atoms with Crippen LogP contribution in [0.3, 0.4) is 0 Å². The first kappa shape index (κ1) is 17.5. The summed E-state index contributed by atoms with van der Waals surface area (Å²) in [6.07, 6.45) is 3.62. The van der Waals surface area contributed by atoms with E-state index in [2.05, 4.69) is 10.3 Å². The first-order chi connectivity index (χ1) is 12.0. The largest absolute Gasteiger partial charge is 0.393 e. The second kappa shape index (κ2) is 7.70. The van der Waals surface area contributed by atoms with Gasteiger partial charge in [0.2, 0.25) is 5.56 Å². The Balaban J connectivity index is 1.63. The number of para-hydroxylation sites is 1. The van der Waals surface area contributed by atoms with Crippen LogP contribution in [-0.4, -0.2) is 40.7 Å². The molecule has 1 aromatic heterocycles. The Morgan fingerprint density at radius 2 is 2.08 bits per heavy atom. The zero-order valence-corrected chi connectivity index (χ0v) is 14.5. The van der Waals surface area contributed by atoms with E-state index >= 15 is 0 Å². The average molecular weight is 343 g/mol. The Labute approximate surface area is 146 Å². The minimum atomic E-state index is -0.319. The Hall–Kier alpha value is -2.34. The predicted molar refractivity (Wildman–Crippen MR) is 97.4 cm³/mol. The Morgan fingerprint density at radius 1 is 1.32 bits per heavy atom. The van der Waals surface area contributed by atoms with Gasteiger partial charge < -0.3 is 20.3 Å². The summed E-state index contributed by atoms with van der Waals surface area (Å²) in [5.41, 5.74) is 1.37. The lowest BCUT2D eigenvalue weighted by atomic mass is 9.86. The maximum absolute atomic E-state index is 12.4. The molecule has 3 rings (SSSR count). The van der Waals surface area contributed by atoms with E-state index < -0.39 is 0 Å². The molecule has 0 aliphatic heterocycles. The topological polar surface area (TPSA) is 85.4 Å². The van der Waals surface area contributed by atoms with Gasteiger partial charge in [-0.2, -0.15) is 0 Å². The van der Waals surface area contributed by atoms with E-state index in [4.69, 9.17) is 0 Å². The number of carbonyl (C=O) groups excluding carboxylic acids is 1. The highest BCUT2D eigenvalue weighted by Crippen LogP contribution is 2.24. The van der Waals surface area contributed by atoms with Crippen LogP contribution in [0.1, 0.15) is 31.2 Å². The molecule has 1 fully saturated rings. The molecule has 0 radical (unpaired) electrons. The van der Waals surface area contributed by atoms with Crippen LogP contribution in [0.2, 0.25) is 0 Å². The number of carbonyl (C=O) groups is 1. The number of aromatic amines is 1. The lowest BCUT2D eigenvalue weighted by Crippen LogP contribution is -2.42. The number of aromatic nitrogens is 1. The summed E-state index contributed by atoms with van der Waals surface area (Å²) >= 11 is 0. The number of hydrogen-bond donors (Lipinski definition) is 3. The minimum absolute atomic E-state index is 0.143. The fourth-order valence-corrected chi connectivity index (χ4v) is 3.56. The number of aliphatic hydroxyl groups excluding tert-OH is 1. The van der Waals surface area contributed by atoms with E-state index in [0.29, 0.717) is 13.1 Å². The number of fused-ring (bicyclic) bond motifs is 1. The van der Waals surface area contributed by atoms with Crippen LogP contribution in [0.15, 0.2) is 35.1 Å². The summed E-state index contributed by atoms with van der Waals surface area (Å²) in [6, 6.07) is 8.87. The summed E-state index contributed by atoms with van der Waals surface area (Å²) in [6.45, 7) is 0.837. The van der Waals surface area contributed by atoms with E-state index in [9.17, 15) is 14.7 Å². The quantitative estimate of drug-likeness (QED) is 0.796. The molecule has 0 saturated heterocycles. The smallest absolute Gasteiger partial charge is 0.317 e. The third-order valence-corrected chi connectivity index (χ3v) is 4.99. The standard InChI is InChI=1S/C19H25N3O3/c1-22(12-13-6-2-5-9-17(13)23)19(25)20-11-14-10-18(24)21-16-8-4-3-7-15(14)16/h3-4,7-8,10,13,17,23H,2,5-6,9,11-12H2,1H3,(H,20,25)(H,21,24). The molecular weight excluding hydrogens is 318 g/mol. The molecule has 134 valence electrons. The van der Waals surface area contributed by atoms with Gasteiger partial charge in [0.25, 0.3) is 0 Å². The monoisotopic (exact) mass is 343 g/mol. The van der Waals surface area contributed by atoms with Gasteiger partial charge in [-0.05, 0) is 24.5 Å². The predicted octanol–water partition coefficient (Wildman–Crippen LogP) is 2.22. The summed E-state index contributed by atoms with van der Waals surface area (Å²) < 4.78 is 0. The van der Waals surface area contributed by atoms with Crippen LogP contribution in [0.4, 0.5) is 4.79 Å². The third kappa shape index (κ3) is 4.20. The maximum atomic E-state index is 12.4. The molecule has 6 nitrogen and oxygen atoms in total. The van der Waals surface area contributed by atoms with E-state index in [0.717, 1.165) is 42.1 Å². The van der Waals surface area contributed by atoms with Crippen molar-refractivity contribution in [3.63, 3.8) is 0 Å². The van der Waals surface area contributed by atoms with Crippen LogP contribution in [0, 0.1) is 5.92 Å². The lowest BCUT2D eigenvalue weighted by Gasteiger charge is -2.31. The van der Waals surface area contributed by atoms with Gasteiger partial charge in [0.15, 0.2) is 0 Å². The molecule has 2 amide bonds. The van der Waals surface area contributed by atoms with E-state index in [-0.39, 0.29) is 23.6 Å². The minimum Gasteiger partial charge on any atom is -0.393 e. The van der Waals surface area contributed by atoms with Crippen LogP contribution in [0.25, 0.3) is 10.9 Å². The molecule has 2 atom stereocenters. The molecule has 0 spiro atoms. The number of aliphatic hydroxyl groups is 1. The fourth-order valence-electron chi connectivity index (χ4n) is 3.56. The van der Waals surface area contributed by atoms with Gasteiger partial charge in [-0.1, -0.05) is 31.0 Å². The molecule has 1 aromatic carbocycles. The number of nitrogens with zero attached hydrogens (tertiary/aromatic N) is 1. The molecule has 25 heavy (non-hydrogen) atoms. The van der Waals surface area contributed by atoms with Crippen molar-refractivity contribution in [2.24, 2.45) is 5.92 Å². The van der Waals surface area contributed by atoms with Crippen molar-refractivity contribution < 1.29 is 9.90 Å². The highest BCUT2D eigenvalue weighted by Gasteiger charge is 2.25. The fraction of sp³-hybridized carbons (Fsp3) is 0.474. The molecule has 2 unspecified atom stereocenters. The number of hydrogen-bond acceptors (Lipinski definition) is 3. The zero-order chi connectivity index (χ0) is 17.8. The molecule has 6 heteroatoms. The van der Waals surface area contributed by atoms with Gasteiger partial charge in [0.1, 0.15) is 0 Å². The summed E-state index contributed by atoms with van der Waals surface area (Å²) in [5.74, 6) is 0.143. The third-order valence-electron chi connectivity index (χ3n) is 4.99. The van der Waals surface area contributed by atoms with Gasteiger partial charge in [-0.3, -0.25) is 4.79 Å².